The summed E-state index contributed by atoms with van der Waals surface area (Å²) in [5, 5.41) is 0. The fourth-order valence-electron chi connectivity index (χ4n) is 2.92. The van der Waals surface area contributed by atoms with Gasteiger partial charge in [0.05, 0.1) is 0 Å². The van der Waals surface area contributed by atoms with Gasteiger partial charge in [-0.05, 0) is 33.1 Å². The van der Waals surface area contributed by atoms with E-state index < -0.39 is 0 Å². The molecule has 2 aromatic rings. The van der Waals surface area contributed by atoms with Crippen molar-refractivity contribution in [3.8, 4) is 0 Å². The summed E-state index contributed by atoms with van der Waals surface area (Å²) in [7, 11) is 0. The SMILES string of the molecule is CC(C)(C)c1cccc(C=Cc2ccccc2)c1C(C)(C)C. The van der Waals surface area contributed by atoms with E-state index in [0.717, 1.165) is 0 Å². The normalized spacial score (nSPS) is 12.8. The first-order valence-corrected chi connectivity index (χ1v) is 8.07. The third-order valence-electron chi connectivity index (χ3n) is 3.91. The molecular weight excluding hydrogens is 264 g/mol. The van der Waals surface area contributed by atoms with Gasteiger partial charge < -0.3 is 0 Å². The quantitative estimate of drug-likeness (QED) is 0.558. The van der Waals surface area contributed by atoms with Gasteiger partial charge in [0.1, 0.15) is 0 Å². The lowest BCUT2D eigenvalue weighted by atomic mass is 9.73. The van der Waals surface area contributed by atoms with Crippen molar-refractivity contribution < 1.29 is 0 Å². The van der Waals surface area contributed by atoms with Gasteiger partial charge in [-0.3, -0.25) is 0 Å². The van der Waals surface area contributed by atoms with E-state index in [1.165, 1.54) is 22.3 Å². The molecule has 0 heterocycles. The maximum Gasteiger partial charge on any atom is -0.0123 e. The smallest absolute Gasteiger partial charge is 0.0123 e. The molecule has 0 fully saturated rings. The molecule has 0 aliphatic rings. The Morgan fingerprint density at radius 1 is 0.636 bits per heavy atom. The van der Waals surface area contributed by atoms with Gasteiger partial charge in [0.15, 0.2) is 0 Å². The second kappa shape index (κ2) is 6.12. The van der Waals surface area contributed by atoms with E-state index >= 15 is 0 Å². The van der Waals surface area contributed by atoms with Crippen LogP contribution < -0.4 is 0 Å². The average Bonchev–Trinajstić information content (AvgIpc) is 2.44. The minimum Gasteiger partial charge on any atom is -0.0622 e. The highest BCUT2D eigenvalue weighted by atomic mass is 14.3. The van der Waals surface area contributed by atoms with Crippen molar-refractivity contribution in [1.82, 2.24) is 0 Å². The van der Waals surface area contributed by atoms with E-state index in [1.54, 1.807) is 0 Å². The van der Waals surface area contributed by atoms with Crippen LogP contribution in [0.15, 0.2) is 48.5 Å². The number of hydrogen-bond donors (Lipinski definition) is 0. The van der Waals surface area contributed by atoms with Crippen LogP contribution in [-0.4, -0.2) is 0 Å². The summed E-state index contributed by atoms with van der Waals surface area (Å²) in [6.07, 6.45) is 4.46. The zero-order chi connectivity index (χ0) is 16.4. The summed E-state index contributed by atoms with van der Waals surface area (Å²) in [4.78, 5) is 0. The van der Waals surface area contributed by atoms with E-state index in [0.29, 0.717) is 0 Å². The van der Waals surface area contributed by atoms with Crippen molar-refractivity contribution in [2.75, 3.05) is 0 Å². The lowest BCUT2D eigenvalue weighted by Crippen LogP contribution is -2.23. The lowest BCUT2D eigenvalue weighted by Gasteiger charge is -2.31. The van der Waals surface area contributed by atoms with Crippen LogP contribution in [-0.2, 0) is 10.8 Å². The van der Waals surface area contributed by atoms with Crippen molar-refractivity contribution in [3.63, 3.8) is 0 Å². The molecule has 0 atom stereocenters. The Morgan fingerprint density at radius 2 is 1.27 bits per heavy atom. The molecule has 0 saturated heterocycles. The third kappa shape index (κ3) is 3.88. The average molecular weight is 292 g/mol. The number of rotatable bonds is 2. The largest absolute Gasteiger partial charge is 0.0622 e. The fourth-order valence-corrected chi connectivity index (χ4v) is 2.92. The number of benzene rings is 2. The number of hydrogen-bond acceptors (Lipinski definition) is 0. The minimum absolute atomic E-state index is 0.125. The van der Waals surface area contributed by atoms with Gasteiger partial charge in [0.25, 0.3) is 0 Å². The van der Waals surface area contributed by atoms with E-state index in [-0.39, 0.29) is 10.8 Å². The molecule has 0 aliphatic carbocycles. The Balaban J connectivity index is 2.55. The molecule has 0 nitrogen and oxygen atoms in total. The van der Waals surface area contributed by atoms with Crippen molar-refractivity contribution in [1.29, 1.82) is 0 Å². The molecule has 0 amide bonds. The molecule has 116 valence electrons. The first-order chi connectivity index (χ1) is 10.2. The first-order valence-electron chi connectivity index (χ1n) is 8.07. The second-order valence-electron chi connectivity index (χ2n) is 8.01. The van der Waals surface area contributed by atoms with Crippen LogP contribution in [0.3, 0.4) is 0 Å². The molecule has 0 aromatic heterocycles. The summed E-state index contributed by atoms with van der Waals surface area (Å²) in [6, 6.07) is 17.2. The van der Waals surface area contributed by atoms with E-state index in [9.17, 15) is 0 Å². The third-order valence-corrected chi connectivity index (χ3v) is 3.91. The molecule has 2 aromatic carbocycles. The van der Waals surface area contributed by atoms with E-state index in [1.807, 2.05) is 0 Å². The Hall–Kier alpha value is -1.82. The topological polar surface area (TPSA) is 0 Å². The first kappa shape index (κ1) is 16.5. The summed E-state index contributed by atoms with van der Waals surface area (Å²) in [5.74, 6) is 0. The van der Waals surface area contributed by atoms with Crippen molar-refractivity contribution in [2.24, 2.45) is 0 Å². The highest BCUT2D eigenvalue weighted by Crippen LogP contribution is 2.36. The van der Waals surface area contributed by atoms with E-state index in [2.05, 4.69) is 102 Å². The summed E-state index contributed by atoms with van der Waals surface area (Å²) in [6.45, 7) is 13.8. The van der Waals surface area contributed by atoms with Gasteiger partial charge in [-0.2, -0.15) is 0 Å². The maximum absolute atomic E-state index is 2.30. The van der Waals surface area contributed by atoms with Crippen LogP contribution in [0.25, 0.3) is 12.2 Å². The Bertz CT molecular complexity index is 647. The van der Waals surface area contributed by atoms with Crippen molar-refractivity contribution >= 4 is 12.2 Å². The van der Waals surface area contributed by atoms with Crippen LogP contribution in [0, 0.1) is 0 Å². The molecule has 0 radical (unpaired) electrons. The highest BCUT2D eigenvalue weighted by Gasteiger charge is 2.26. The molecule has 0 saturated carbocycles. The molecule has 0 unspecified atom stereocenters. The zero-order valence-corrected chi connectivity index (χ0v) is 14.8. The van der Waals surface area contributed by atoms with Gasteiger partial charge in [0.2, 0.25) is 0 Å². The van der Waals surface area contributed by atoms with Crippen LogP contribution in [0.1, 0.15) is 63.8 Å². The molecule has 22 heavy (non-hydrogen) atoms. The monoisotopic (exact) mass is 292 g/mol. The maximum atomic E-state index is 2.30. The predicted octanol–water partition coefficient (Wildman–Crippen LogP) is 6.45. The van der Waals surface area contributed by atoms with Gasteiger partial charge in [-0.15, -0.1) is 0 Å². The summed E-state index contributed by atoms with van der Waals surface area (Å²) in [5.41, 5.74) is 5.73. The van der Waals surface area contributed by atoms with Gasteiger partial charge in [-0.1, -0.05) is 102 Å². The molecule has 0 N–H and O–H groups in total. The fraction of sp³-hybridized carbons (Fsp3) is 0.364. The molecule has 0 spiro atoms. The van der Waals surface area contributed by atoms with Crippen LogP contribution in [0.5, 0.6) is 0 Å². The van der Waals surface area contributed by atoms with Gasteiger partial charge in [0, 0.05) is 0 Å². The predicted molar refractivity (Wildman–Crippen MR) is 99.2 cm³/mol. The standard InChI is InChI=1S/C22H28/c1-21(2,3)19-14-10-13-18(20(19)22(4,5)6)16-15-17-11-8-7-9-12-17/h7-16H,1-6H3. The van der Waals surface area contributed by atoms with E-state index in [4.69, 9.17) is 0 Å². The van der Waals surface area contributed by atoms with Gasteiger partial charge in [-0.25, -0.2) is 0 Å². The molecular formula is C22H28. The molecule has 0 bridgehead atoms. The van der Waals surface area contributed by atoms with Crippen molar-refractivity contribution in [3.05, 3.63) is 70.8 Å². The van der Waals surface area contributed by atoms with Crippen molar-refractivity contribution in [2.45, 2.75) is 52.4 Å². The minimum atomic E-state index is 0.125. The summed E-state index contributed by atoms with van der Waals surface area (Å²) >= 11 is 0. The Kier molecular flexibility index (Phi) is 4.60. The highest BCUT2D eigenvalue weighted by molar-refractivity contribution is 5.72. The summed E-state index contributed by atoms with van der Waals surface area (Å²) < 4.78 is 0. The van der Waals surface area contributed by atoms with Crippen LogP contribution in [0.2, 0.25) is 0 Å². The van der Waals surface area contributed by atoms with Crippen LogP contribution in [0.4, 0.5) is 0 Å². The molecule has 0 heteroatoms. The Labute approximate surface area is 135 Å². The zero-order valence-electron chi connectivity index (χ0n) is 14.8. The lowest BCUT2D eigenvalue weighted by molar-refractivity contribution is 0.529. The van der Waals surface area contributed by atoms with Crippen LogP contribution >= 0.6 is 0 Å². The Morgan fingerprint density at radius 3 is 1.82 bits per heavy atom. The van der Waals surface area contributed by atoms with Gasteiger partial charge >= 0.3 is 0 Å². The molecule has 2 rings (SSSR count). The second-order valence-corrected chi connectivity index (χ2v) is 8.01. The molecule has 0 aliphatic heterocycles.